The van der Waals surface area contributed by atoms with E-state index >= 15 is 0 Å². The molecule has 1 saturated heterocycles. The summed E-state index contributed by atoms with van der Waals surface area (Å²) in [6, 6.07) is 4.43. The smallest absolute Gasteiger partial charge is 0.331 e. The summed E-state index contributed by atoms with van der Waals surface area (Å²) in [7, 11) is -1.07. The van der Waals surface area contributed by atoms with Crippen LogP contribution >= 0.6 is 0 Å². The van der Waals surface area contributed by atoms with E-state index in [0.717, 1.165) is 18.9 Å². The number of amides is 1. The number of ether oxygens (including phenoxy) is 3. The SMILES string of the molecule is CNS(=O)(=O)c1cc(/C=C/C(=O)OCC(=O)NC[C@H]2CCCO2)ccc1OC. The summed E-state index contributed by atoms with van der Waals surface area (Å²) in [6.07, 6.45) is 4.39. The summed E-state index contributed by atoms with van der Waals surface area (Å²) in [5.74, 6) is -0.956. The zero-order valence-electron chi connectivity index (χ0n) is 15.8. The van der Waals surface area contributed by atoms with Crippen molar-refractivity contribution in [3.63, 3.8) is 0 Å². The number of hydrogen-bond donors (Lipinski definition) is 2. The van der Waals surface area contributed by atoms with Gasteiger partial charge in [0.15, 0.2) is 6.61 Å². The quantitative estimate of drug-likeness (QED) is 0.446. The van der Waals surface area contributed by atoms with Crippen LogP contribution in [0.1, 0.15) is 18.4 Å². The lowest BCUT2D eigenvalue weighted by Crippen LogP contribution is -2.34. The molecule has 1 heterocycles. The molecular formula is C18H24N2O7S. The minimum Gasteiger partial charge on any atom is -0.495 e. The normalized spacial score (nSPS) is 16.9. The van der Waals surface area contributed by atoms with Gasteiger partial charge in [-0.05, 0) is 43.7 Å². The molecule has 1 aromatic rings. The average Bonchev–Trinajstić information content (AvgIpc) is 3.22. The molecule has 1 atom stereocenters. The van der Waals surface area contributed by atoms with Gasteiger partial charge >= 0.3 is 5.97 Å². The first-order valence-corrected chi connectivity index (χ1v) is 10.2. The van der Waals surface area contributed by atoms with Crippen LogP contribution in [0.15, 0.2) is 29.2 Å². The van der Waals surface area contributed by atoms with Crippen LogP contribution in [0.2, 0.25) is 0 Å². The topological polar surface area (TPSA) is 120 Å². The van der Waals surface area contributed by atoms with E-state index in [9.17, 15) is 18.0 Å². The summed E-state index contributed by atoms with van der Waals surface area (Å²) in [5, 5.41) is 2.64. The van der Waals surface area contributed by atoms with E-state index in [1.807, 2.05) is 0 Å². The van der Waals surface area contributed by atoms with Crippen molar-refractivity contribution in [1.29, 1.82) is 0 Å². The highest BCUT2D eigenvalue weighted by atomic mass is 32.2. The molecule has 0 aliphatic carbocycles. The number of esters is 1. The van der Waals surface area contributed by atoms with Crippen molar-refractivity contribution in [3.05, 3.63) is 29.8 Å². The van der Waals surface area contributed by atoms with Gasteiger partial charge in [0.1, 0.15) is 10.6 Å². The van der Waals surface area contributed by atoms with Crippen LogP contribution in [-0.2, 0) is 29.1 Å². The van der Waals surface area contributed by atoms with E-state index in [1.165, 1.54) is 32.4 Å². The van der Waals surface area contributed by atoms with E-state index in [-0.39, 0.29) is 16.7 Å². The number of hydrogen-bond acceptors (Lipinski definition) is 7. The predicted molar refractivity (Wildman–Crippen MR) is 101 cm³/mol. The van der Waals surface area contributed by atoms with E-state index in [2.05, 4.69) is 10.0 Å². The molecule has 0 radical (unpaired) electrons. The van der Waals surface area contributed by atoms with Crippen LogP contribution in [0.3, 0.4) is 0 Å². The standard InChI is InChI=1S/C18H24N2O7S/c1-19-28(23,24)16-10-13(5-7-15(16)25-2)6-8-18(22)27-12-17(21)20-11-14-4-3-9-26-14/h5-8,10,14,19H,3-4,9,11-12H2,1-2H3,(H,20,21)/b8-6+/t14-/m1/s1. The maximum atomic E-state index is 12.0. The van der Waals surface area contributed by atoms with Crippen LogP contribution in [0.5, 0.6) is 5.75 Å². The zero-order valence-corrected chi connectivity index (χ0v) is 16.6. The average molecular weight is 412 g/mol. The molecule has 0 aromatic heterocycles. The molecule has 0 saturated carbocycles. The molecule has 1 aliphatic rings. The van der Waals surface area contributed by atoms with E-state index in [0.29, 0.717) is 18.7 Å². The molecule has 1 aliphatic heterocycles. The van der Waals surface area contributed by atoms with Crippen LogP contribution in [0.25, 0.3) is 6.08 Å². The molecule has 2 N–H and O–H groups in total. The first-order valence-electron chi connectivity index (χ1n) is 8.70. The maximum Gasteiger partial charge on any atom is 0.331 e. The van der Waals surface area contributed by atoms with Gasteiger partial charge in [-0.3, -0.25) is 4.79 Å². The molecule has 0 unspecified atom stereocenters. The predicted octanol–water partition coefficient (Wildman–Crippen LogP) is 0.455. The van der Waals surface area contributed by atoms with Crippen molar-refractivity contribution < 1.29 is 32.2 Å². The van der Waals surface area contributed by atoms with Crippen molar-refractivity contribution >= 4 is 28.0 Å². The number of methoxy groups -OCH3 is 1. The lowest BCUT2D eigenvalue weighted by molar-refractivity contribution is -0.143. The number of benzene rings is 1. The lowest BCUT2D eigenvalue weighted by Gasteiger charge is -2.10. The Morgan fingerprint density at radius 1 is 1.36 bits per heavy atom. The van der Waals surface area contributed by atoms with Crippen LogP contribution < -0.4 is 14.8 Å². The summed E-state index contributed by atoms with van der Waals surface area (Å²) < 4.78 is 41.6. The minimum absolute atomic E-state index is 0.0118. The van der Waals surface area contributed by atoms with Gasteiger partial charge in [-0.2, -0.15) is 0 Å². The number of carbonyl (C=O) groups is 2. The minimum atomic E-state index is -3.73. The third kappa shape index (κ3) is 6.32. The van der Waals surface area contributed by atoms with Crippen LogP contribution in [0, 0.1) is 0 Å². The highest BCUT2D eigenvalue weighted by molar-refractivity contribution is 7.89. The van der Waals surface area contributed by atoms with Crippen molar-refractivity contribution in [2.45, 2.75) is 23.8 Å². The largest absolute Gasteiger partial charge is 0.495 e. The summed E-state index contributed by atoms with van der Waals surface area (Å²) in [6.45, 7) is 0.682. The third-order valence-corrected chi connectivity index (χ3v) is 5.49. The Bertz CT molecular complexity index is 830. The fourth-order valence-corrected chi connectivity index (χ4v) is 3.48. The fourth-order valence-electron chi connectivity index (χ4n) is 2.55. The molecule has 0 bridgehead atoms. The van der Waals surface area contributed by atoms with Gasteiger partial charge < -0.3 is 19.5 Å². The Balaban J connectivity index is 1.89. The first kappa shape index (κ1) is 21.9. The second kappa shape index (κ2) is 10.2. The van der Waals surface area contributed by atoms with Crippen molar-refractivity contribution in [3.8, 4) is 5.75 Å². The van der Waals surface area contributed by atoms with Gasteiger partial charge in [0.05, 0.1) is 13.2 Å². The molecule has 1 amide bonds. The van der Waals surface area contributed by atoms with Gasteiger partial charge in [0.2, 0.25) is 10.0 Å². The van der Waals surface area contributed by atoms with Gasteiger partial charge in [0, 0.05) is 19.2 Å². The highest BCUT2D eigenvalue weighted by Crippen LogP contribution is 2.25. The van der Waals surface area contributed by atoms with Crippen molar-refractivity contribution in [1.82, 2.24) is 10.0 Å². The number of sulfonamides is 1. The lowest BCUT2D eigenvalue weighted by atomic mass is 10.2. The molecule has 1 fully saturated rings. The molecule has 10 heteroatoms. The molecule has 1 aromatic carbocycles. The number of rotatable bonds is 9. The summed E-state index contributed by atoms with van der Waals surface area (Å²) >= 11 is 0. The Hall–Kier alpha value is -2.43. The molecule has 0 spiro atoms. The second-order valence-corrected chi connectivity index (χ2v) is 7.85. The number of carbonyl (C=O) groups excluding carboxylic acids is 2. The Kier molecular flexibility index (Phi) is 7.97. The van der Waals surface area contributed by atoms with E-state index in [4.69, 9.17) is 14.2 Å². The maximum absolute atomic E-state index is 12.0. The van der Waals surface area contributed by atoms with Gasteiger partial charge in [-0.15, -0.1) is 0 Å². The van der Waals surface area contributed by atoms with Crippen molar-refractivity contribution in [2.24, 2.45) is 0 Å². The van der Waals surface area contributed by atoms with Gasteiger partial charge in [-0.1, -0.05) is 6.07 Å². The fraction of sp³-hybridized carbons (Fsp3) is 0.444. The second-order valence-electron chi connectivity index (χ2n) is 6.00. The van der Waals surface area contributed by atoms with Gasteiger partial charge in [0.25, 0.3) is 5.91 Å². The molecule has 2 rings (SSSR count). The Morgan fingerprint density at radius 3 is 2.79 bits per heavy atom. The van der Waals surface area contributed by atoms with Crippen LogP contribution in [0.4, 0.5) is 0 Å². The van der Waals surface area contributed by atoms with E-state index < -0.39 is 28.5 Å². The Morgan fingerprint density at radius 2 is 2.14 bits per heavy atom. The van der Waals surface area contributed by atoms with Crippen LogP contribution in [-0.4, -0.2) is 60.3 Å². The van der Waals surface area contributed by atoms with Crippen molar-refractivity contribution in [2.75, 3.05) is 33.9 Å². The molecule has 28 heavy (non-hydrogen) atoms. The first-order chi connectivity index (χ1) is 13.4. The third-order valence-electron chi connectivity index (χ3n) is 4.05. The molecular weight excluding hydrogens is 388 g/mol. The highest BCUT2D eigenvalue weighted by Gasteiger charge is 2.18. The zero-order chi connectivity index (χ0) is 20.6. The summed E-state index contributed by atoms with van der Waals surface area (Å²) in [4.78, 5) is 23.4. The van der Waals surface area contributed by atoms with Gasteiger partial charge in [-0.25, -0.2) is 17.9 Å². The molecule has 154 valence electrons. The van der Waals surface area contributed by atoms with E-state index in [1.54, 1.807) is 6.07 Å². The number of nitrogens with one attached hydrogen (secondary N) is 2. The summed E-state index contributed by atoms with van der Waals surface area (Å²) in [5.41, 5.74) is 0.453. The molecule has 9 nitrogen and oxygen atoms in total. The Labute approximate surface area is 164 Å². The monoisotopic (exact) mass is 412 g/mol.